The number of carboxylic acid groups (broad SMARTS) is 1. The normalized spacial score (nSPS) is 10.2. The average Bonchev–Trinajstić information content (AvgIpc) is 2.85. The van der Waals surface area contributed by atoms with Crippen molar-refractivity contribution < 1.29 is 24.0 Å². The van der Waals surface area contributed by atoms with Gasteiger partial charge in [-0.15, -0.1) is 0 Å². The van der Waals surface area contributed by atoms with Crippen LogP contribution in [0.25, 0.3) is 0 Å². The molecule has 0 amide bonds. The van der Waals surface area contributed by atoms with Gasteiger partial charge in [0.15, 0.2) is 12.4 Å². The van der Waals surface area contributed by atoms with E-state index in [1.165, 1.54) is 12.3 Å². The van der Waals surface area contributed by atoms with E-state index in [4.69, 9.17) is 9.84 Å². The summed E-state index contributed by atoms with van der Waals surface area (Å²) in [7, 11) is 0. The molecule has 0 saturated carbocycles. The molecule has 1 N–H and O–H groups in total. The van der Waals surface area contributed by atoms with Gasteiger partial charge in [-0.2, -0.15) is 5.10 Å². The van der Waals surface area contributed by atoms with Crippen molar-refractivity contribution in [2.24, 2.45) is 0 Å². The molecule has 0 atom stereocenters. The Bertz CT molecular complexity index is 670. The zero-order valence-electron chi connectivity index (χ0n) is 9.89. The Morgan fingerprint density at radius 3 is 2.85 bits per heavy atom. The summed E-state index contributed by atoms with van der Waals surface area (Å²) in [5.74, 6) is -2.15. The highest BCUT2D eigenvalue weighted by Crippen LogP contribution is 2.27. The van der Waals surface area contributed by atoms with Crippen LogP contribution >= 0.6 is 0 Å². The van der Waals surface area contributed by atoms with Crippen LogP contribution in [0, 0.1) is 15.9 Å². The van der Waals surface area contributed by atoms with Crippen LogP contribution in [0.5, 0.6) is 5.75 Å². The van der Waals surface area contributed by atoms with Crippen LogP contribution in [0.2, 0.25) is 0 Å². The van der Waals surface area contributed by atoms with Gasteiger partial charge in [0.25, 0.3) is 0 Å². The molecule has 0 saturated heterocycles. The second-order valence-electron chi connectivity index (χ2n) is 3.69. The number of aromatic carboxylic acids is 1. The second kappa shape index (κ2) is 5.34. The first kappa shape index (κ1) is 13.5. The first-order chi connectivity index (χ1) is 9.47. The van der Waals surface area contributed by atoms with Crippen molar-refractivity contribution in [2.75, 3.05) is 0 Å². The molecule has 9 heteroatoms. The second-order valence-corrected chi connectivity index (χ2v) is 3.69. The molecule has 0 unspecified atom stereocenters. The summed E-state index contributed by atoms with van der Waals surface area (Å²) in [6.45, 7) is -0.280. The Balaban J connectivity index is 2.15. The Hall–Kier alpha value is -2.97. The molecular formula is C11H8FN3O5. The van der Waals surface area contributed by atoms with Crippen molar-refractivity contribution in [3.8, 4) is 5.75 Å². The van der Waals surface area contributed by atoms with Gasteiger partial charge in [-0.3, -0.25) is 10.1 Å². The lowest BCUT2D eigenvalue weighted by atomic mass is 10.3. The van der Waals surface area contributed by atoms with E-state index >= 15 is 0 Å². The first-order valence-electron chi connectivity index (χ1n) is 5.31. The number of carbonyl (C=O) groups is 1. The number of halogens is 1. The molecule has 0 aliphatic carbocycles. The number of hydrogen-bond acceptors (Lipinski definition) is 5. The molecule has 1 aromatic heterocycles. The number of ether oxygens (including phenoxy) is 1. The van der Waals surface area contributed by atoms with E-state index in [9.17, 15) is 19.3 Å². The van der Waals surface area contributed by atoms with Crippen LogP contribution in [0.3, 0.4) is 0 Å². The maximum atomic E-state index is 13.0. The molecule has 8 nitrogen and oxygen atoms in total. The highest BCUT2D eigenvalue weighted by atomic mass is 19.1. The summed E-state index contributed by atoms with van der Waals surface area (Å²) < 4.78 is 19.3. The third kappa shape index (κ3) is 2.88. The molecule has 0 aliphatic heterocycles. The number of nitrogens with zero attached hydrogens (tertiary/aromatic N) is 3. The largest absolute Gasteiger partial charge is 0.476 e. The van der Waals surface area contributed by atoms with E-state index in [0.29, 0.717) is 0 Å². The molecule has 20 heavy (non-hydrogen) atoms. The maximum absolute atomic E-state index is 13.0. The highest BCUT2D eigenvalue weighted by Gasteiger charge is 2.16. The molecule has 1 heterocycles. The first-order valence-corrected chi connectivity index (χ1v) is 5.31. The molecule has 2 rings (SSSR count). The number of hydrogen-bond donors (Lipinski definition) is 1. The molecule has 1 aromatic carbocycles. The van der Waals surface area contributed by atoms with Gasteiger partial charge in [-0.1, -0.05) is 0 Å². The topological polar surface area (TPSA) is 107 Å². The zero-order chi connectivity index (χ0) is 14.7. The van der Waals surface area contributed by atoms with Gasteiger partial charge in [-0.05, 0) is 12.1 Å². The molecule has 0 radical (unpaired) electrons. The lowest BCUT2D eigenvalue weighted by molar-refractivity contribution is -0.386. The summed E-state index contributed by atoms with van der Waals surface area (Å²) >= 11 is 0. The number of rotatable bonds is 5. The van der Waals surface area contributed by atoms with E-state index in [2.05, 4.69) is 5.10 Å². The number of nitro benzene ring substituents is 1. The van der Waals surface area contributed by atoms with Gasteiger partial charge in [-0.25, -0.2) is 13.9 Å². The summed E-state index contributed by atoms with van der Waals surface area (Å²) in [4.78, 5) is 20.7. The van der Waals surface area contributed by atoms with E-state index in [-0.39, 0.29) is 18.2 Å². The molecule has 0 spiro atoms. The molecule has 0 fully saturated rings. The summed E-state index contributed by atoms with van der Waals surface area (Å²) in [6.07, 6.45) is 1.33. The van der Waals surface area contributed by atoms with E-state index in [1.54, 1.807) is 0 Å². The number of nitro groups is 1. The van der Waals surface area contributed by atoms with Gasteiger partial charge in [0.1, 0.15) is 5.82 Å². The predicted octanol–water partition coefficient (Wildman–Crippen LogP) is 1.67. The van der Waals surface area contributed by atoms with Crippen molar-refractivity contribution in [2.45, 2.75) is 6.73 Å². The standard InChI is InChI=1S/C11H8FN3O5/c12-7-1-2-9(15(18)19)10(5-7)20-6-14-4-3-8(13-14)11(16)17/h1-5H,6H2,(H,16,17). The van der Waals surface area contributed by atoms with Crippen LogP contribution in [-0.4, -0.2) is 25.8 Å². The molecule has 2 aromatic rings. The molecule has 0 bridgehead atoms. The Kier molecular flexibility index (Phi) is 3.60. The zero-order valence-corrected chi connectivity index (χ0v) is 9.89. The Morgan fingerprint density at radius 2 is 2.25 bits per heavy atom. The minimum absolute atomic E-state index is 0.192. The van der Waals surface area contributed by atoms with Crippen LogP contribution < -0.4 is 4.74 Å². The van der Waals surface area contributed by atoms with Crippen molar-refractivity contribution in [3.05, 3.63) is 52.1 Å². The number of benzene rings is 1. The van der Waals surface area contributed by atoms with Crippen molar-refractivity contribution in [1.29, 1.82) is 0 Å². The summed E-state index contributed by atoms with van der Waals surface area (Å²) in [6, 6.07) is 4.04. The predicted molar refractivity (Wildman–Crippen MR) is 62.9 cm³/mol. The quantitative estimate of drug-likeness (QED) is 0.659. The Labute approximate surface area is 111 Å². The third-order valence-corrected chi connectivity index (χ3v) is 2.33. The van der Waals surface area contributed by atoms with Crippen molar-refractivity contribution in [3.63, 3.8) is 0 Å². The smallest absolute Gasteiger partial charge is 0.356 e. The fourth-order valence-corrected chi connectivity index (χ4v) is 1.44. The van der Waals surface area contributed by atoms with E-state index in [1.807, 2.05) is 0 Å². The van der Waals surface area contributed by atoms with E-state index < -0.39 is 22.4 Å². The summed E-state index contributed by atoms with van der Waals surface area (Å²) in [5.41, 5.74) is -0.584. The van der Waals surface area contributed by atoms with Crippen LogP contribution in [-0.2, 0) is 6.73 Å². The SMILES string of the molecule is O=C(O)c1ccn(COc2cc(F)ccc2[N+](=O)[O-])n1. The van der Waals surface area contributed by atoms with Gasteiger partial charge in [0.05, 0.1) is 4.92 Å². The highest BCUT2D eigenvalue weighted by molar-refractivity contribution is 5.84. The third-order valence-electron chi connectivity index (χ3n) is 2.33. The Morgan fingerprint density at radius 1 is 1.50 bits per heavy atom. The van der Waals surface area contributed by atoms with Crippen molar-refractivity contribution in [1.82, 2.24) is 9.78 Å². The van der Waals surface area contributed by atoms with Crippen molar-refractivity contribution >= 4 is 11.7 Å². The van der Waals surface area contributed by atoms with Gasteiger partial charge in [0.2, 0.25) is 5.75 Å². The van der Waals surface area contributed by atoms with Crippen LogP contribution in [0.1, 0.15) is 10.5 Å². The van der Waals surface area contributed by atoms with Gasteiger partial charge >= 0.3 is 11.7 Å². The van der Waals surface area contributed by atoms with Crippen LogP contribution in [0.15, 0.2) is 30.5 Å². The fourth-order valence-electron chi connectivity index (χ4n) is 1.44. The van der Waals surface area contributed by atoms with Gasteiger partial charge in [0, 0.05) is 18.3 Å². The molecular weight excluding hydrogens is 273 g/mol. The van der Waals surface area contributed by atoms with E-state index in [0.717, 1.165) is 22.9 Å². The number of carboxylic acids is 1. The minimum atomic E-state index is -1.21. The maximum Gasteiger partial charge on any atom is 0.356 e. The molecule has 0 aliphatic rings. The van der Waals surface area contributed by atoms with Gasteiger partial charge < -0.3 is 9.84 Å². The summed E-state index contributed by atoms with van der Waals surface area (Å²) in [5, 5.41) is 23.1. The number of aromatic nitrogens is 2. The monoisotopic (exact) mass is 281 g/mol. The van der Waals surface area contributed by atoms with Crippen LogP contribution in [0.4, 0.5) is 10.1 Å². The average molecular weight is 281 g/mol. The molecule has 104 valence electrons. The fraction of sp³-hybridized carbons (Fsp3) is 0.0909. The lowest BCUT2D eigenvalue weighted by Crippen LogP contribution is -2.08. The minimum Gasteiger partial charge on any atom is -0.476 e. The lowest BCUT2D eigenvalue weighted by Gasteiger charge is -2.06.